The van der Waals surface area contributed by atoms with Gasteiger partial charge in [0.1, 0.15) is 5.82 Å². The summed E-state index contributed by atoms with van der Waals surface area (Å²) < 4.78 is 31.2. The molecule has 0 spiro atoms. The highest BCUT2D eigenvalue weighted by molar-refractivity contribution is 5.73. The molecular formula is C10H9F2NO4. The molecule has 0 aliphatic heterocycles. The molecule has 0 unspecified atom stereocenters. The molecule has 0 saturated heterocycles. The molecule has 5 nitrogen and oxygen atoms in total. The largest absolute Gasteiger partial charge is 0.466 e. The van der Waals surface area contributed by atoms with Gasteiger partial charge in [0.25, 0.3) is 0 Å². The van der Waals surface area contributed by atoms with E-state index >= 15 is 0 Å². The second kappa shape index (κ2) is 5.33. The lowest BCUT2D eigenvalue weighted by atomic mass is 10.1. The van der Waals surface area contributed by atoms with Gasteiger partial charge in [0.05, 0.1) is 18.0 Å². The van der Waals surface area contributed by atoms with E-state index in [4.69, 9.17) is 0 Å². The summed E-state index contributed by atoms with van der Waals surface area (Å²) in [4.78, 5) is 20.5. The van der Waals surface area contributed by atoms with E-state index in [0.29, 0.717) is 6.07 Å². The van der Waals surface area contributed by atoms with E-state index in [9.17, 15) is 23.7 Å². The lowest BCUT2D eigenvalue weighted by Gasteiger charge is -2.05. The molecule has 17 heavy (non-hydrogen) atoms. The fourth-order valence-corrected chi connectivity index (χ4v) is 1.24. The number of nitro benzene ring substituents is 1. The molecule has 1 aromatic carbocycles. The summed E-state index contributed by atoms with van der Waals surface area (Å²) in [5.74, 6) is -3.20. The second-order valence-electron chi connectivity index (χ2n) is 3.10. The van der Waals surface area contributed by atoms with Gasteiger partial charge >= 0.3 is 11.7 Å². The summed E-state index contributed by atoms with van der Waals surface area (Å²) in [6.07, 6.45) is -0.673. The summed E-state index contributed by atoms with van der Waals surface area (Å²) in [5, 5.41) is 10.4. The maximum atomic E-state index is 13.5. The van der Waals surface area contributed by atoms with Crippen LogP contribution >= 0.6 is 0 Å². The number of nitrogens with zero attached hydrogens (tertiary/aromatic N) is 1. The zero-order chi connectivity index (χ0) is 13.0. The average Bonchev–Trinajstić information content (AvgIpc) is 2.24. The minimum Gasteiger partial charge on any atom is -0.466 e. The minimum absolute atomic E-state index is 0.0665. The van der Waals surface area contributed by atoms with Gasteiger partial charge in [-0.3, -0.25) is 14.9 Å². The molecule has 0 amide bonds. The lowest BCUT2D eigenvalue weighted by molar-refractivity contribution is -0.387. The van der Waals surface area contributed by atoms with Gasteiger partial charge in [0.15, 0.2) is 0 Å². The summed E-state index contributed by atoms with van der Waals surface area (Å²) >= 11 is 0. The van der Waals surface area contributed by atoms with E-state index in [1.165, 1.54) is 6.92 Å². The normalized spacial score (nSPS) is 10.1. The van der Waals surface area contributed by atoms with E-state index in [-0.39, 0.29) is 6.61 Å². The van der Waals surface area contributed by atoms with Crippen LogP contribution in [-0.2, 0) is 16.0 Å². The predicted octanol–water partition coefficient (Wildman–Crippen LogP) is 1.98. The van der Waals surface area contributed by atoms with Crippen LogP contribution in [0.15, 0.2) is 12.1 Å². The van der Waals surface area contributed by atoms with Crippen molar-refractivity contribution in [1.29, 1.82) is 0 Å². The molecule has 0 N–H and O–H groups in total. The Morgan fingerprint density at radius 3 is 2.65 bits per heavy atom. The first kappa shape index (κ1) is 13.0. The van der Waals surface area contributed by atoms with Gasteiger partial charge in [-0.05, 0) is 13.0 Å². The van der Waals surface area contributed by atoms with Crippen LogP contribution in [0.5, 0.6) is 0 Å². The average molecular weight is 245 g/mol. The van der Waals surface area contributed by atoms with E-state index in [2.05, 4.69) is 4.74 Å². The number of hydrogen-bond donors (Lipinski definition) is 0. The topological polar surface area (TPSA) is 69.4 Å². The standard InChI is InChI=1S/C10H9F2NO4/c1-2-17-9(14)5-6-7(11)3-4-8(10(6)12)13(15)16/h3-4H,2,5H2,1H3. The summed E-state index contributed by atoms with van der Waals surface area (Å²) in [6.45, 7) is 1.61. The molecule has 0 aliphatic carbocycles. The fourth-order valence-electron chi connectivity index (χ4n) is 1.24. The minimum atomic E-state index is -1.34. The highest BCUT2D eigenvalue weighted by Gasteiger charge is 2.23. The zero-order valence-corrected chi connectivity index (χ0v) is 8.91. The molecule has 0 atom stereocenters. The summed E-state index contributed by atoms with van der Waals surface area (Å²) in [5.41, 5.74) is -1.52. The van der Waals surface area contributed by atoms with Crippen molar-refractivity contribution in [2.45, 2.75) is 13.3 Å². The van der Waals surface area contributed by atoms with E-state index in [0.717, 1.165) is 6.07 Å². The second-order valence-corrected chi connectivity index (χ2v) is 3.10. The molecular weight excluding hydrogens is 236 g/mol. The van der Waals surface area contributed by atoms with Crippen LogP contribution in [0, 0.1) is 21.7 Å². The van der Waals surface area contributed by atoms with E-state index in [1.54, 1.807) is 0 Å². The molecule has 0 fully saturated rings. The third-order valence-electron chi connectivity index (χ3n) is 1.99. The molecule has 0 aliphatic rings. The van der Waals surface area contributed by atoms with Crippen molar-refractivity contribution in [1.82, 2.24) is 0 Å². The smallest absolute Gasteiger partial charge is 0.310 e. The van der Waals surface area contributed by atoms with Gasteiger partial charge in [-0.15, -0.1) is 0 Å². The van der Waals surface area contributed by atoms with Crippen molar-refractivity contribution in [3.05, 3.63) is 39.4 Å². The maximum absolute atomic E-state index is 13.5. The van der Waals surface area contributed by atoms with E-state index in [1.807, 2.05) is 0 Å². The van der Waals surface area contributed by atoms with Gasteiger partial charge in [0, 0.05) is 11.6 Å². The lowest BCUT2D eigenvalue weighted by Crippen LogP contribution is -2.11. The van der Waals surface area contributed by atoms with Crippen molar-refractivity contribution in [2.24, 2.45) is 0 Å². The van der Waals surface area contributed by atoms with E-state index < -0.39 is 40.2 Å². The number of rotatable bonds is 4. The van der Waals surface area contributed by atoms with Crippen LogP contribution in [0.1, 0.15) is 12.5 Å². The Bertz CT molecular complexity index is 462. The summed E-state index contributed by atoms with van der Waals surface area (Å²) in [6, 6.07) is 1.45. The first-order valence-electron chi connectivity index (χ1n) is 4.74. The van der Waals surface area contributed by atoms with Crippen LogP contribution in [-0.4, -0.2) is 17.5 Å². The fraction of sp³-hybridized carbons (Fsp3) is 0.300. The van der Waals surface area contributed by atoms with Gasteiger partial charge < -0.3 is 4.74 Å². The molecule has 0 heterocycles. The highest BCUT2D eigenvalue weighted by Crippen LogP contribution is 2.23. The SMILES string of the molecule is CCOC(=O)Cc1c(F)ccc([N+](=O)[O-])c1F. The Kier molecular flexibility index (Phi) is 4.08. The number of carbonyl (C=O) groups is 1. The molecule has 1 aromatic rings. The number of esters is 1. The monoisotopic (exact) mass is 245 g/mol. The Morgan fingerprint density at radius 2 is 2.12 bits per heavy atom. The maximum Gasteiger partial charge on any atom is 0.310 e. The molecule has 92 valence electrons. The highest BCUT2D eigenvalue weighted by atomic mass is 19.1. The molecule has 0 aromatic heterocycles. The van der Waals surface area contributed by atoms with Crippen LogP contribution < -0.4 is 0 Å². The Balaban J connectivity index is 3.09. The molecule has 0 saturated carbocycles. The van der Waals surface area contributed by atoms with Crippen molar-refractivity contribution >= 4 is 11.7 Å². The van der Waals surface area contributed by atoms with Crippen molar-refractivity contribution in [3.63, 3.8) is 0 Å². The number of halogens is 2. The Labute approximate surface area is 95.2 Å². The number of hydrogen-bond acceptors (Lipinski definition) is 4. The van der Waals surface area contributed by atoms with Crippen LogP contribution in [0.25, 0.3) is 0 Å². The van der Waals surface area contributed by atoms with Gasteiger partial charge in [-0.2, -0.15) is 4.39 Å². The van der Waals surface area contributed by atoms with Crippen molar-refractivity contribution in [2.75, 3.05) is 6.61 Å². The van der Waals surface area contributed by atoms with Gasteiger partial charge in [-0.1, -0.05) is 0 Å². The third-order valence-corrected chi connectivity index (χ3v) is 1.99. The number of benzene rings is 1. The van der Waals surface area contributed by atoms with Crippen LogP contribution in [0.4, 0.5) is 14.5 Å². The number of nitro groups is 1. The molecule has 0 bridgehead atoms. The van der Waals surface area contributed by atoms with Gasteiger partial charge in [-0.25, -0.2) is 4.39 Å². The molecule has 0 radical (unpaired) electrons. The first-order chi connectivity index (χ1) is 7.97. The third kappa shape index (κ3) is 2.96. The number of carbonyl (C=O) groups excluding carboxylic acids is 1. The number of ether oxygens (including phenoxy) is 1. The Hall–Kier alpha value is -2.05. The van der Waals surface area contributed by atoms with Crippen molar-refractivity contribution < 1.29 is 23.2 Å². The summed E-state index contributed by atoms with van der Waals surface area (Å²) in [7, 11) is 0. The quantitative estimate of drug-likeness (QED) is 0.462. The van der Waals surface area contributed by atoms with Crippen LogP contribution in [0.2, 0.25) is 0 Å². The Morgan fingerprint density at radius 1 is 1.47 bits per heavy atom. The zero-order valence-electron chi connectivity index (χ0n) is 8.91. The van der Waals surface area contributed by atoms with Crippen LogP contribution in [0.3, 0.4) is 0 Å². The first-order valence-corrected chi connectivity index (χ1v) is 4.74. The van der Waals surface area contributed by atoms with Crippen molar-refractivity contribution in [3.8, 4) is 0 Å². The molecule has 7 heteroatoms. The predicted molar refractivity (Wildman–Crippen MR) is 53.3 cm³/mol. The molecule has 1 rings (SSSR count). The van der Waals surface area contributed by atoms with Gasteiger partial charge in [0.2, 0.25) is 5.82 Å².